The molecule has 1 heterocycles. The van der Waals surface area contributed by atoms with Crippen molar-refractivity contribution in [2.24, 2.45) is 5.92 Å². The Morgan fingerprint density at radius 1 is 1.30 bits per heavy atom. The van der Waals surface area contributed by atoms with E-state index >= 15 is 0 Å². The number of rotatable bonds is 8. The van der Waals surface area contributed by atoms with Crippen molar-refractivity contribution < 1.29 is 8.42 Å². The van der Waals surface area contributed by atoms with Gasteiger partial charge in [0.25, 0.3) is 10.2 Å². The van der Waals surface area contributed by atoms with Crippen molar-refractivity contribution in [1.82, 2.24) is 19.2 Å². The number of nitrogens with zero attached hydrogens (tertiary/aromatic N) is 2. The van der Waals surface area contributed by atoms with Gasteiger partial charge >= 0.3 is 0 Å². The zero-order chi connectivity index (χ0) is 15.2. The molecule has 0 saturated carbocycles. The Balaban J connectivity index is 2.41. The van der Waals surface area contributed by atoms with Crippen molar-refractivity contribution in [3.05, 3.63) is 0 Å². The van der Waals surface area contributed by atoms with Crippen LogP contribution in [0, 0.1) is 5.92 Å². The maximum absolute atomic E-state index is 12.3. The van der Waals surface area contributed by atoms with Gasteiger partial charge < -0.3 is 10.2 Å². The molecule has 1 fully saturated rings. The molecular weight excluding hydrogens is 276 g/mol. The standard InChI is InChI=1S/C13H30N4O2S/c1-12(5-8-16(3)4)15-20(18,19)17-9-6-13(7-10-17)11-14-2/h12-15H,5-11H2,1-4H3. The fraction of sp³-hybridized carbons (Fsp3) is 1.00. The van der Waals surface area contributed by atoms with Crippen LogP contribution in [0.1, 0.15) is 26.2 Å². The summed E-state index contributed by atoms with van der Waals surface area (Å²) in [7, 11) is 2.60. The van der Waals surface area contributed by atoms with Crippen molar-refractivity contribution in [2.75, 3.05) is 47.3 Å². The second kappa shape index (κ2) is 8.29. The molecule has 6 nitrogen and oxygen atoms in total. The molecule has 1 aliphatic heterocycles. The summed E-state index contributed by atoms with van der Waals surface area (Å²) in [5.41, 5.74) is 0. The molecule has 1 atom stereocenters. The number of nitrogens with one attached hydrogen (secondary N) is 2. The number of hydrogen-bond donors (Lipinski definition) is 2. The second-order valence-corrected chi connectivity index (χ2v) is 7.72. The number of hydrogen-bond acceptors (Lipinski definition) is 4. The van der Waals surface area contributed by atoms with Crippen LogP contribution in [0.15, 0.2) is 0 Å². The van der Waals surface area contributed by atoms with E-state index in [9.17, 15) is 8.42 Å². The SMILES string of the molecule is CNCC1CCN(S(=O)(=O)NC(C)CCN(C)C)CC1. The minimum absolute atomic E-state index is 0.0302. The van der Waals surface area contributed by atoms with E-state index in [0.717, 1.165) is 32.4 Å². The summed E-state index contributed by atoms with van der Waals surface area (Å²) in [6.07, 6.45) is 2.70. The van der Waals surface area contributed by atoms with Crippen LogP contribution >= 0.6 is 0 Å². The molecule has 0 aliphatic carbocycles. The van der Waals surface area contributed by atoms with E-state index < -0.39 is 10.2 Å². The Morgan fingerprint density at radius 3 is 2.40 bits per heavy atom. The maximum Gasteiger partial charge on any atom is 0.279 e. The first-order valence-electron chi connectivity index (χ1n) is 7.42. The molecule has 120 valence electrons. The lowest BCUT2D eigenvalue weighted by Crippen LogP contribution is -2.48. The summed E-state index contributed by atoms with van der Waals surface area (Å²) in [6.45, 7) is 5.04. The van der Waals surface area contributed by atoms with Gasteiger partial charge in [-0.15, -0.1) is 0 Å². The molecule has 1 rings (SSSR count). The van der Waals surface area contributed by atoms with Gasteiger partial charge in [0.2, 0.25) is 0 Å². The molecule has 0 radical (unpaired) electrons. The van der Waals surface area contributed by atoms with Crippen LogP contribution in [0.5, 0.6) is 0 Å². The van der Waals surface area contributed by atoms with Crippen molar-refractivity contribution in [2.45, 2.75) is 32.2 Å². The Kier molecular flexibility index (Phi) is 7.39. The van der Waals surface area contributed by atoms with Gasteiger partial charge in [0, 0.05) is 19.1 Å². The third-order valence-corrected chi connectivity index (χ3v) is 5.51. The molecule has 1 aliphatic rings. The minimum atomic E-state index is -3.32. The van der Waals surface area contributed by atoms with E-state index in [2.05, 4.69) is 14.9 Å². The molecule has 0 aromatic rings. The Morgan fingerprint density at radius 2 is 1.90 bits per heavy atom. The zero-order valence-corrected chi connectivity index (χ0v) is 14.0. The summed E-state index contributed by atoms with van der Waals surface area (Å²) < 4.78 is 29.0. The van der Waals surface area contributed by atoms with Gasteiger partial charge in [0.1, 0.15) is 0 Å². The van der Waals surface area contributed by atoms with Crippen LogP contribution in [0.2, 0.25) is 0 Å². The third-order valence-electron chi connectivity index (χ3n) is 3.77. The monoisotopic (exact) mass is 306 g/mol. The van der Waals surface area contributed by atoms with Gasteiger partial charge in [-0.1, -0.05) is 0 Å². The molecule has 0 aromatic carbocycles. The quantitative estimate of drug-likeness (QED) is 0.667. The average molecular weight is 306 g/mol. The third kappa shape index (κ3) is 6.05. The van der Waals surface area contributed by atoms with Gasteiger partial charge in [-0.2, -0.15) is 17.4 Å². The molecule has 0 aromatic heterocycles. The topological polar surface area (TPSA) is 64.7 Å². The highest BCUT2D eigenvalue weighted by Crippen LogP contribution is 2.18. The van der Waals surface area contributed by atoms with Crippen LogP contribution in [-0.2, 0) is 10.2 Å². The lowest BCUT2D eigenvalue weighted by molar-refractivity contribution is 0.266. The van der Waals surface area contributed by atoms with Crippen LogP contribution in [0.3, 0.4) is 0 Å². The highest BCUT2D eigenvalue weighted by atomic mass is 32.2. The van der Waals surface area contributed by atoms with E-state index in [1.54, 1.807) is 4.31 Å². The van der Waals surface area contributed by atoms with Gasteiger partial charge in [0.05, 0.1) is 0 Å². The van der Waals surface area contributed by atoms with E-state index in [4.69, 9.17) is 0 Å². The number of piperidine rings is 1. The van der Waals surface area contributed by atoms with Gasteiger partial charge in [-0.25, -0.2) is 0 Å². The minimum Gasteiger partial charge on any atom is -0.319 e. The van der Waals surface area contributed by atoms with Crippen molar-refractivity contribution in [1.29, 1.82) is 0 Å². The molecule has 0 amide bonds. The first-order chi connectivity index (χ1) is 9.35. The normalized spacial score (nSPS) is 20.4. The second-order valence-electron chi connectivity index (χ2n) is 6.02. The lowest BCUT2D eigenvalue weighted by atomic mass is 9.98. The Labute approximate surface area is 124 Å². The highest BCUT2D eigenvalue weighted by Gasteiger charge is 2.28. The molecule has 0 spiro atoms. The fourth-order valence-electron chi connectivity index (χ4n) is 2.48. The van der Waals surface area contributed by atoms with Gasteiger partial charge in [0.15, 0.2) is 0 Å². The smallest absolute Gasteiger partial charge is 0.279 e. The van der Waals surface area contributed by atoms with Crippen LogP contribution < -0.4 is 10.0 Å². The summed E-state index contributed by atoms with van der Waals surface area (Å²) in [4.78, 5) is 2.06. The average Bonchev–Trinajstić information content (AvgIpc) is 2.37. The fourth-order valence-corrected chi connectivity index (χ4v) is 3.95. The molecule has 2 N–H and O–H groups in total. The predicted octanol–water partition coefficient (Wildman–Crippen LogP) is 0.0924. The van der Waals surface area contributed by atoms with Crippen molar-refractivity contribution in [3.63, 3.8) is 0 Å². The lowest BCUT2D eigenvalue weighted by Gasteiger charge is -2.32. The maximum atomic E-state index is 12.3. The highest BCUT2D eigenvalue weighted by molar-refractivity contribution is 7.87. The summed E-state index contributed by atoms with van der Waals surface area (Å²) >= 11 is 0. The molecule has 7 heteroatoms. The molecule has 20 heavy (non-hydrogen) atoms. The predicted molar refractivity (Wildman–Crippen MR) is 82.9 cm³/mol. The molecule has 1 saturated heterocycles. The van der Waals surface area contributed by atoms with E-state index in [1.807, 2.05) is 28.1 Å². The van der Waals surface area contributed by atoms with Gasteiger partial charge in [-0.05, 0) is 66.3 Å². The van der Waals surface area contributed by atoms with Crippen LogP contribution in [-0.4, -0.2) is 71.0 Å². The largest absolute Gasteiger partial charge is 0.319 e. The first kappa shape index (κ1) is 17.8. The summed E-state index contributed by atoms with van der Waals surface area (Å²) in [5.74, 6) is 0.595. The molecule has 1 unspecified atom stereocenters. The van der Waals surface area contributed by atoms with Crippen LogP contribution in [0.4, 0.5) is 0 Å². The van der Waals surface area contributed by atoms with Gasteiger partial charge in [-0.3, -0.25) is 0 Å². The van der Waals surface area contributed by atoms with Crippen LogP contribution in [0.25, 0.3) is 0 Å². The summed E-state index contributed by atoms with van der Waals surface area (Å²) in [5, 5.41) is 3.16. The summed E-state index contributed by atoms with van der Waals surface area (Å²) in [6, 6.07) is -0.0302. The van der Waals surface area contributed by atoms with E-state index in [-0.39, 0.29) is 6.04 Å². The van der Waals surface area contributed by atoms with E-state index in [1.165, 1.54) is 0 Å². The Hall–Kier alpha value is -0.210. The first-order valence-corrected chi connectivity index (χ1v) is 8.86. The zero-order valence-electron chi connectivity index (χ0n) is 13.2. The van der Waals surface area contributed by atoms with Crippen molar-refractivity contribution >= 4 is 10.2 Å². The molecular formula is C13H30N4O2S. The Bertz CT molecular complexity index is 365. The van der Waals surface area contributed by atoms with Crippen molar-refractivity contribution in [3.8, 4) is 0 Å². The molecule has 0 bridgehead atoms. The van der Waals surface area contributed by atoms with E-state index in [0.29, 0.717) is 19.0 Å².